The van der Waals surface area contributed by atoms with Crippen molar-refractivity contribution in [2.45, 2.75) is 6.04 Å². The van der Waals surface area contributed by atoms with Crippen molar-refractivity contribution in [3.8, 4) is 0 Å². The van der Waals surface area contributed by atoms with Crippen LogP contribution in [-0.2, 0) is 9.53 Å². The lowest BCUT2D eigenvalue weighted by atomic mass is 10.2. The third kappa shape index (κ3) is 3.12. The highest BCUT2D eigenvalue weighted by Gasteiger charge is 2.21. The fourth-order valence-corrected chi connectivity index (χ4v) is 2.64. The quantitative estimate of drug-likeness (QED) is 0.883. The van der Waals surface area contributed by atoms with E-state index in [2.05, 4.69) is 5.32 Å². The molecule has 20 heavy (non-hydrogen) atoms. The number of hydrogen-bond donors (Lipinski definition) is 2. The van der Waals surface area contributed by atoms with Crippen molar-refractivity contribution in [1.82, 2.24) is 5.32 Å². The molecule has 1 aromatic carbocycles. The zero-order chi connectivity index (χ0) is 14.7. The molecule has 0 saturated heterocycles. The number of thiophene rings is 1. The molecule has 1 atom stereocenters. The van der Waals surface area contributed by atoms with Crippen molar-refractivity contribution in [2.24, 2.45) is 0 Å². The summed E-state index contributed by atoms with van der Waals surface area (Å²) in [5.41, 5.74) is 0. The second-order valence-corrected chi connectivity index (χ2v) is 5.20. The van der Waals surface area contributed by atoms with E-state index in [4.69, 9.17) is 9.84 Å². The first kappa shape index (κ1) is 14.4. The zero-order valence-electron chi connectivity index (χ0n) is 10.6. The number of halogens is 1. The summed E-state index contributed by atoms with van der Waals surface area (Å²) in [6, 6.07) is 4.63. The van der Waals surface area contributed by atoms with E-state index in [1.807, 2.05) is 0 Å². The molecule has 106 valence electrons. The lowest BCUT2D eigenvalue weighted by molar-refractivity contribution is -0.140. The van der Waals surface area contributed by atoms with Crippen LogP contribution in [0.5, 0.6) is 0 Å². The largest absolute Gasteiger partial charge is 0.480 e. The number of carbonyl (C=O) groups excluding carboxylic acids is 1. The van der Waals surface area contributed by atoms with Gasteiger partial charge < -0.3 is 15.2 Å². The number of carboxylic acid groups (broad SMARTS) is 1. The number of methoxy groups -OCH3 is 1. The van der Waals surface area contributed by atoms with Gasteiger partial charge in [-0.15, -0.1) is 11.3 Å². The number of rotatable bonds is 5. The van der Waals surface area contributed by atoms with E-state index in [0.29, 0.717) is 10.3 Å². The second kappa shape index (κ2) is 5.98. The third-order valence-electron chi connectivity index (χ3n) is 2.64. The third-order valence-corrected chi connectivity index (χ3v) is 3.75. The van der Waals surface area contributed by atoms with Crippen LogP contribution < -0.4 is 5.32 Å². The molecule has 2 aromatic rings. The van der Waals surface area contributed by atoms with Crippen LogP contribution in [0.2, 0.25) is 0 Å². The molecule has 0 radical (unpaired) electrons. The lowest BCUT2D eigenvalue weighted by Crippen LogP contribution is -2.43. The molecule has 0 aliphatic carbocycles. The summed E-state index contributed by atoms with van der Waals surface area (Å²) in [5.74, 6) is -2.08. The van der Waals surface area contributed by atoms with Crippen LogP contribution in [0.15, 0.2) is 24.3 Å². The normalized spacial score (nSPS) is 12.3. The van der Waals surface area contributed by atoms with E-state index in [0.717, 1.165) is 4.70 Å². The van der Waals surface area contributed by atoms with Gasteiger partial charge in [-0.3, -0.25) is 4.79 Å². The first-order chi connectivity index (χ1) is 9.51. The summed E-state index contributed by atoms with van der Waals surface area (Å²) in [4.78, 5) is 23.2. The Bertz CT molecular complexity index is 655. The number of carboxylic acids is 1. The maximum absolute atomic E-state index is 13.1. The van der Waals surface area contributed by atoms with E-state index < -0.39 is 17.9 Å². The van der Waals surface area contributed by atoms with Crippen molar-refractivity contribution in [3.63, 3.8) is 0 Å². The summed E-state index contributed by atoms with van der Waals surface area (Å²) < 4.78 is 18.6. The zero-order valence-corrected chi connectivity index (χ0v) is 11.4. The number of carbonyl (C=O) groups is 2. The van der Waals surface area contributed by atoms with Crippen molar-refractivity contribution in [2.75, 3.05) is 13.7 Å². The molecule has 1 aromatic heterocycles. The van der Waals surface area contributed by atoms with Crippen molar-refractivity contribution in [3.05, 3.63) is 35.0 Å². The van der Waals surface area contributed by atoms with Gasteiger partial charge in [0.05, 0.1) is 11.5 Å². The van der Waals surface area contributed by atoms with Crippen molar-refractivity contribution < 1.29 is 23.8 Å². The van der Waals surface area contributed by atoms with Crippen LogP contribution in [0.1, 0.15) is 9.67 Å². The smallest absolute Gasteiger partial charge is 0.328 e. The minimum absolute atomic E-state index is 0.124. The highest BCUT2D eigenvalue weighted by atomic mass is 32.1. The number of nitrogens with one attached hydrogen (secondary N) is 1. The van der Waals surface area contributed by atoms with Crippen LogP contribution >= 0.6 is 11.3 Å². The van der Waals surface area contributed by atoms with Crippen LogP contribution in [0, 0.1) is 5.82 Å². The average Bonchev–Trinajstić information content (AvgIpc) is 2.80. The number of hydrogen-bond acceptors (Lipinski definition) is 4. The van der Waals surface area contributed by atoms with Gasteiger partial charge >= 0.3 is 5.97 Å². The summed E-state index contributed by atoms with van der Waals surface area (Å²) in [5, 5.41) is 11.9. The van der Waals surface area contributed by atoms with E-state index in [9.17, 15) is 14.0 Å². The minimum atomic E-state index is -1.17. The number of amides is 1. The van der Waals surface area contributed by atoms with Crippen molar-refractivity contribution >= 4 is 33.3 Å². The molecule has 1 heterocycles. The molecular formula is C13H12FNO4S. The Kier molecular flexibility index (Phi) is 4.31. The van der Waals surface area contributed by atoms with Gasteiger partial charge in [0, 0.05) is 11.8 Å². The molecule has 2 N–H and O–H groups in total. The van der Waals surface area contributed by atoms with Gasteiger partial charge in [-0.25, -0.2) is 9.18 Å². The first-order valence-electron chi connectivity index (χ1n) is 5.73. The molecule has 0 spiro atoms. The molecule has 0 fully saturated rings. The van der Waals surface area contributed by atoms with Crippen LogP contribution in [-0.4, -0.2) is 36.7 Å². The Hall–Kier alpha value is -1.99. The van der Waals surface area contributed by atoms with Gasteiger partial charge in [0.15, 0.2) is 6.04 Å². The number of fused-ring (bicyclic) bond motifs is 1. The molecule has 7 heteroatoms. The van der Waals surface area contributed by atoms with Crippen LogP contribution in [0.3, 0.4) is 0 Å². The molecule has 0 bridgehead atoms. The Labute approximate surface area is 118 Å². The average molecular weight is 297 g/mol. The predicted octanol–water partition coefficient (Wildman–Crippen LogP) is 1.87. The SMILES string of the molecule is COCC(NC(=O)c1cc2cc(F)ccc2s1)C(=O)O. The number of aliphatic carboxylic acids is 1. The molecular weight excluding hydrogens is 285 g/mol. The molecule has 1 amide bonds. The fraction of sp³-hybridized carbons (Fsp3) is 0.231. The molecule has 5 nitrogen and oxygen atoms in total. The summed E-state index contributed by atoms with van der Waals surface area (Å²) in [6.45, 7) is -0.124. The monoisotopic (exact) mass is 297 g/mol. The van der Waals surface area contributed by atoms with E-state index in [1.165, 1.54) is 36.6 Å². The Balaban J connectivity index is 2.20. The summed E-state index contributed by atoms with van der Waals surface area (Å²) in [7, 11) is 1.35. The van der Waals surface area contributed by atoms with Crippen LogP contribution in [0.25, 0.3) is 10.1 Å². The van der Waals surface area contributed by atoms with E-state index in [-0.39, 0.29) is 12.4 Å². The summed E-state index contributed by atoms with van der Waals surface area (Å²) in [6.07, 6.45) is 0. The Morgan fingerprint density at radius 1 is 1.45 bits per heavy atom. The van der Waals surface area contributed by atoms with E-state index in [1.54, 1.807) is 6.07 Å². The molecule has 1 unspecified atom stereocenters. The fourth-order valence-electron chi connectivity index (χ4n) is 1.70. The van der Waals surface area contributed by atoms with Gasteiger partial charge in [0.2, 0.25) is 0 Å². The Morgan fingerprint density at radius 3 is 2.85 bits per heavy atom. The minimum Gasteiger partial charge on any atom is -0.480 e. The second-order valence-electron chi connectivity index (χ2n) is 4.11. The van der Waals surface area contributed by atoms with Gasteiger partial charge in [0.1, 0.15) is 5.82 Å². The first-order valence-corrected chi connectivity index (χ1v) is 6.54. The molecule has 2 rings (SSSR count). The topological polar surface area (TPSA) is 75.6 Å². The van der Waals surface area contributed by atoms with Gasteiger partial charge in [-0.2, -0.15) is 0 Å². The highest BCUT2D eigenvalue weighted by Crippen LogP contribution is 2.26. The molecule has 0 saturated carbocycles. The predicted molar refractivity (Wildman–Crippen MR) is 72.5 cm³/mol. The summed E-state index contributed by atoms with van der Waals surface area (Å²) >= 11 is 1.17. The maximum atomic E-state index is 13.1. The van der Waals surface area contributed by atoms with Crippen LogP contribution in [0.4, 0.5) is 4.39 Å². The maximum Gasteiger partial charge on any atom is 0.328 e. The van der Waals surface area contributed by atoms with Gasteiger partial charge in [-0.1, -0.05) is 0 Å². The Morgan fingerprint density at radius 2 is 2.20 bits per heavy atom. The van der Waals surface area contributed by atoms with Crippen molar-refractivity contribution in [1.29, 1.82) is 0 Å². The van der Waals surface area contributed by atoms with Gasteiger partial charge in [0.25, 0.3) is 5.91 Å². The number of benzene rings is 1. The standard InChI is InChI=1S/C13H12FNO4S/c1-19-6-9(13(17)18)15-12(16)11-5-7-4-8(14)2-3-10(7)20-11/h2-5,9H,6H2,1H3,(H,15,16)(H,17,18). The highest BCUT2D eigenvalue weighted by molar-refractivity contribution is 7.20. The van der Waals surface area contributed by atoms with Gasteiger partial charge in [-0.05, 0) is 29.7 Å². The van der Waals surface area contributed by atoms with E-state index >= 15 is 0 Å². The number of ether oxygens (including phenoxy) is 1. The molecule has 0 aliphatic rings. The lowest BCUT2D eigenvalue weighted by Gasteiger charge is -2.12. The molecule has 0 aliphatic heterocycles.